The van der Waals surface area contributed by atoms with Crippen LogP contribution in [0.1, 0.15) is 23.0 Å². The van der Waals surface area contributed by atoms with Crippen LogP contribution in [-0.2, 0) is 11.2 Å². The molecule has 0 saturated heterocycles. The van der Waals surface area contributed by atoms with E-state index >= 15 is 0 Å². The van der Waals surface area contributed by atoms with Crippen molar-refractivity contribution in [1.29, 1.82) is 0 Å². The molecule has 0 radical (unpaired) electrons. The van der Waals surface area contributed by atoms with Crippen LogP contribution in [0.25, 0.3) is 5.69 Å². The number of esters is 1. The number of hydrogen-bond acceptors (Lipinski definition) is 4. The maximum Gasteiger partial charge on any atom is 0.362 e. The first-order valence-electron chi connectivity index (χ1n) is 6.14. The van der Waals surface area contributed by atoms with Crippen LogP contribution in [-0.4, -0.2) is 22.9 Å². The Hall–Kier alpha value is -1.85. The molecular formula is C14H12Cl2N2O3. The van der Waals surface area contributed by atoms with Crippen LogP contribution in [0.5, 0.6) is 0 Å². The summed E-state index contributed by atoms with van der Waals surface area (Å²) in [6.45, 7) is 1.81. The highest BCUT2D eigenvalue weighted by Gasteiger charge is 2.18. The highest BCUT2D eigenvalue weighted by Crippen LogP contribution is 2.23. The highest BCUT2D eigenvalue weighted by molar-refractivity contribution is 6.35. The molecule has 0 aliphatic rings. The molecule has 2 rings (SSSR count). The number of aryl methyl sites for hydroxylation is 1. The Morgan fingerprint density at radius 3 is 2.67 bits per heavy atom. The summed E-state index contributed by atoms with van der Waals surface area (Å²) in [5.41, 5.74) is 0.242. The molecule has 0 aliphatic heterocycles. The molecular weight excluding hydrogens is 315 g/mol. The number of halogens is 2. The Kier molecular flexibility index (Phi) is 4.65. The number of carbonyl (C=O) groups excluding carboxylic acids is 1. The van der Waals surface area contributed by atoms with Crippen molar-refractivity contribution in [3.05, 3.63) is 55.9 Å². The summed E-state index contributed by atoms with van der Waals surface area (Å²) in [7, 11) is 1.20. The first-order valence-corrected chi connectivity index (χ1v) is 6.90. The number of ether oxygens (including phenoxy) is 1. The number of methoxy groups -OCH3 is 1. The number of nitrogens with zero attached hydrogens (tertiary/aromatic N) is 2. The van der Waals surface area contributed by atoms with Gasteiger partial charge in [-0.05, 0) is 24.6 Å². The van der Waals surface area contributed by atoms with Gasteiger partial charge in [0.25, 0.3) is 0 Å². The lowest BCUT2D eigenvalue weighted by Crippen LogP contribution is -2.25. The minimum absolute atomic E-state index is 0.275. The largest absolute Gasteiger partial charge is 0.464 e. The zero-order valence-electron chi connectivity index (χ0n) is 11.4. The second-order valence-corrected chi connectivity index (χ2v) is 5.06. The Bertz CT molecular complexity index is 756. The predicted octanol–water partition coefficient (Wildman–Crippen LogP) is 2.89. The van der Waals surface area contributed by atoms with Crippen LogP contribution < -0.4 is 5.43 Å². The molecule has 0 N–H and O–H groups in total. The molecule has 1 aromatic heterocycles. The number of aromatic nitrogens is 2. The van der Waals surface area contributed by atoms with Crippen molar-refractivity contribution in [3.63, 3.8) is 0 Å². The SMILES string of the molecule is CCc1cn(-c2ccc(Cl)cc2Cl)nc(C(=O)OC)c1=O. The summed E-state index contributed by atoms with van der Waals surface area (Å²) in [5, 5.41) is 4.85. The van der Waals surface area contributed by atoms with Crippen LogP contribution in [0.4, 0.5) is 0 Å². The van der Waals surface area contributed by atoms with E-state index in [4.69, 9.17) is 23.2 Å². The summed E-state index contributed by atoms with van der Waals surface area (Å²) in [6.07, 6.45) is 2.00. The average Bonchev–Trinajstić information content (AvgIpc) is 2.47. The van der Waals surface area contributed by atoms with Crippen molar-refractivity contribution in [1.82, 2.24) is 9.78 Å². The lowest BCUT2D eigenvalue weighted by molar-refractivity contribution is 0.0590. The molecule has 0 atom stereocenters. The van der Waals surface area contributed by atoms with Crippen molar-refractivity contribution < 1.29 is 9.53 Å². The van der Waals surface area contributed by atoms with Crippen molar-refractivity contribution in [3.8, 4) is 5.69 Å². The van der Waals surface area contributed by atoms with Crippen LogP contribution in [0.3, 0.4) is 0 Å². The summed E-state index contributed by atoms with van der Waals surface area (Å²) >= 11 is 12.0. The van der Waals surface area contributed by atoms with Gasteiger partial charge in [-0.25, -0.2) is 9.48 Å². The number of hydrogen-bond donors (Lipinski definition) is 0. The maximum atomic E-state index is 12.1. The van der Waals surface area contributed by atoms with Crippen LogP contribution in [0, 0.1) is 0 Å². The summed E-state index contributed by atoms with van der Waals surface area (Å²) in [6, 6.07) is 4.86. The summed E-state index contributed by atoms with van der Waals surface area (Å²) < 4.78 is 5.97. The normalized spacial score (nSPS) is 10.5. The standard InChI is InChI=1S/C14H12Cl2N2O3/c1-3-8-7-18(11-5-4-9(15)6-10(11)16)17-12(13(8)19)14(20)21-2/h4-7H,3H2,1-2H3. The molecule has 1 aromatic carbocycles. The van der Waals surface area contributed by atoms with Crippen LogP contribution in [0.15, 0.2) is 29.2 Å². The lowest BCUT2D eigenvalue weighted by Gasteiger charge is -2.11. The smallest absolute Gasteiger partial charge is 0.362 e. The fourth-order valence-electron chi connectivity index (χ4n) is 1.81. The third kappa shape index (κ3) is 3.09. The zero-order chi connectivity index (χ0) is 15.6. The molecule has 5 nitrogen and oxygen atoms in total. The minimum Gasteiger partial charge on any atom is -0.464 e. The maximum absolute atomic E-state index is 12.1. The van der Waals surface area contributed by atoms with Crippen LogP contribution in [0.2, 0.25) is 10.0 Å². The monoisotopic (exact) mass is 326 g/mol. The van der Waals surface area contributed by atoms with Crippen molar-refractivity contribution in [2.75, 3.05) is 7.11 Å². The molecule has 2 aromatic rings. The molecule has 0 unspecified atom stereocenters. The third-order valence-electron chi connectivity index (χ3n) is 2.91. The van der Waals surface area contributed by atoms with E-state index in [1.54, 1.807) is 24.4 Å². The van der Waals surface area contributed by atoms with E-state index in [0.29, 0.717) is 27.7 Å². The van der Waals surface area contributed by atoms with Gasteiger partial charge in [0.2, 0.25) is 11.1 Å². The van der Waals surface area contributed by atoms with Gasteiger partial charge < -0.3 is 4.74 Å². The second-order valence-electron chi connectivity index (χ2n) is 4.22. The van der Waals surface area contributed by atoms with Gasteiger partial charge in [-0.15, -0.1) is 0 Å². The van der Waals surface area contributed by atoms with E-state index in [9.17, 15) is 9.59 Å². The van der Waals surface area contributed by atoms with Gasteiger partial charge in [0.15, 0.2) is 0 Å². The Morgan fingerprint density at radius 2 is 2.10 bits per heavy atom. The predicted molar refractivity (Wildman–Crippen MR) is 80.6 cm³/mol. The fourth-order valence-corrected chi connectivity index (χ4v) is 2.31. The molecule has 110 valence electrons. The number of carbonyl (C=O) groups is 1. The second kappa shape index (κ2) is 6.28. The number of rotatable bonds is 3. The van der Waals surface area contributed by atoms with E-state index < -0.39 is 11.4 Å². The average molecular weight is 327 g/mol. The molecule has 0 fully saturated rings. The zero-order valence-corrected chi connectivity index (χ0v) is 12.9. The van der Waals surface area contributed by atoms with Crippen molar-refractivity contribution in [2.24, 2.45) is 0 Å². The fraction of sp³-hybridized carbons (Fsp3) is 0.214. The van der Waals surface area contributed by atoms with Gasteiger partial charge in [0.1, 0.15) is 0 Å². The van der Waals surface area contributed by atoms with Gasteiger partial charge in [-0.2, -0.15) is 5.10 Å². The molecule has 0 aliphatic carbocycles. The Morgan fingerprint density at radius 1 is 1.38 bits per heavy atom. The summed E-state index contributed by atoms with van der Waals surface area (Å²) in [5.74, 6) is -0.783. The molecule has 21 heavy (non-hydrogen) atoms. The first-order chi connectivity index (χ1) is 9.97. The topological polar surface area (TPSA) is 61.2 Å². The third-order valence-corrected chi connectivity index (χ3v) is 3.45. The Balaban J connectivity index is 2.69. The summed E-state index contributed by atoms with van der Waals surface area (Å²) in [4.78, 5) is 23.8. The van der Waals surface area contributed by atoms with E-state index in [1.807, 2.05) is 6.92 Å². The minimum atomic E-state index is -0.783. The molecule has 0 spiro atoms. The molecule has 0 saturated carbocycles. The van der Waals surface area contributed by atoms with Gasteiger partial charge in [0.05, 0.1) is 17.8 Å². The quantitative estimate of drug-likeness (QED) is 0.813. The van der Waals surface area contributed by atoms with Crippen LogP contribution >= 0.6 is 23.2 Å². The molecule has 7 heteroatoms. The molecule has 1 heterocycles. The van der Waals surface area contributed by atoms with E-state index in [-0.39, 0.29) is 5.69 Å². The van der Waals surface area contributed by atoms with Gasteiger partial charge in [0, 0.05) is 16.8 Å². The molecule has 0 amide bonds. The van der Waals surface area contributed by atoms with E-state index in [1.165, 1.54) is 11.8 Å². The first kappa shape index (κ1) is 15.5. The lowest BCUT2D eigenvalue weighted by atomic mass is 10.2. The number of benzene rings is 1. The molecule has 0 bridgehead atoms. The van der Waals surface area contributed by atoms with Gasteiger partial charge in [-0.1, -0.05) is 30.1 Å². The highest BCUT2D eigenvalue weighted by atomic mass is 35.5. The van der Waals surface area contributed by atoms with E-state index in [0.717, 1.165) is 0 Å². The Labute approximate surface area is 131 Å². The van der Waals surface area contributed by atoms with Gasteiger partial charge >= 0.3 is 5.97 Å². The van der Waals surface area contributed by atoms with Crippen molar-refractivity contribution >= 4 is 29.2 Å². The van der Waals surface area contributed by atoms with Crippen molar-refractivity contribution in [2.45, 2.75) is 13.3 Å². The van der Waals surface area contributed by atoms with Gasteiger partial charge in [-0.3, -0.25) is 4.79 Å². The van der Waals surface area contributed by atoms with E-state index in [2.05, 4.69) is 9.84 Å².